The summed E-state index contributed by atoms with van der Waals surface area (Å²) in [6, 6.07) is 7.16. The maximum Gasteiger partial charge on any atom is 0.308 e. The molecule has 0 heterocycles. The standard InChI is InChI=1S/C37H65NO15/c1-33(39)38-34-5-7-35(8-6-34)52-32-31-51-30-29-50-28-27-49-26-25-48-24-23-47-22-21-46-20-19-45-18-17-44-16-15-43-14-13-42-12-11-41-10-9-36(40)53-37(2,3)4/h5-8H,9-32H2,1-4H3,(H,38,39). The summed E-state index contributed by atoms with van der Waals surface area (Å²) in [5.74, 6) is 0.332. The molecule has 1 aromatic carbocycles. The second-order valence-corrected chi connectivity index (χ2v) is 12.1. The van der Waals surface area contributed by atoms with Crippen LogP contribution in [0.1, 0.15) is 34.1 Å². The van der Waals surface area contributed by atoms with E-state index in [0.29, 0.717) is 158 Å². The molecule has 0 bridgehead atoms. The van der Waals surface area contributed by atoms with Gasteiger partial charge in [-0.2, -0.15) is 0 Å². The molecule has 0 aliphatic carbocycles. The summed E-state index contributed by atoms with van der Waals surface area (Å²) < 4.78 is 70.9. The highest BCUT2D eigenvalue weighted by Gasteiger charge is 2.15. The molecule has 0 fully saturated rings. The number of amides is 1. The quantitative estimate of drug-likeness (QED) is 0.0771. The van der Waals surface area contributed by atoms with Gasteiger partial charge in [0.15, 0.2) is 0 Å². The molecule has 0 radical (unpaired) electrons. The third-order valence-electron chi connectivity index (χ3n) is 6.26. The minimum absolute atomic E-state index is 0.111. The molecule has 0 atom stereocenters. The van der Waals surface area contributed by atoms with Crippen molar-refractivity contribution in [2.75, 3.05) is 157 Å². The van der Waals surface area contributed by atoms with E-state index in [4.69, 9.17) is 61.6 Å². The van der Waals surface area contributed by atoms with Gasteiger partial charge in [-0.25, -0.2) is 0 Å². The first kappa shape index (κ1) is 48.5. The van der Waals surface area contributed by atoms with Crippen molar-refractivity contribution in [1.82, 2.24) is 0 Å². The Bertz CT molecular complexity index is 978. The maximum atomic E-state index is 11.6. The molecule has 0 aromatic heterocycles. The topological polar surface area (TPSA) is 166 Å². The summed E-state index contributed by atoms with van der Waals surface area (Å²) >= 11 is 0. The molecule has 1 aromatic rings. The van der Waals surface area contributed by atoms with Crippen LogP contribution >= 0.6 is 0 Å². The lowest BCUT2D eigenvalue weighted by Crippen LogP contribution is -2.24. The van der Waals surface area contributed by atoms with E-state index in [1.165, 1.54) is 6.92 Å². The Labute approximate surface area is 315 Å². The lowest BCUT2D eigenvalue weighted by molar-refractivity contribution is -0.156. The number of hydrogen-bond acceptors (Lipinski definition) is 15. The molecule has 0 aliphatic heterocycles. The Morgan fingerprint density at radius 1 is 0.453 bits per heavy atom. The van der Waals surface area contributed by atoms with Gasteiger partial charge in [0.2, 0.25) is 5.91 Å². The van der Waals surface area contributed by atoms with Crippen LogP contribution in [0.2, 0.25) is 0 Å². The van der Waals surface area contributed by atoms with Gasteiger partial charge >= 0.3 is 5.97 Å². The highest BCUT2D eigenvalue weighted by Crippen LogP contribution is 2.15. The Balaban J connectivity index is 1.66. The lowest BCUT2D eigenvalue weighted by Gasteiger charge is -2.19. The zero-order valence-corrected chi connectivity index (χ0v) is 32.4. The van der Waals surface area contributed by atoms with E-state index >= 15 is 0 Å². The van der Waals surface area contributed by atoms with Crippen LogP contribution in [0, 0.1) is 0 Å². The molecule has 0 spiro atoms. The lowest BCUT2D eigenvalue weighted by atomic mass is 10.2. The van der Waals surface area contributed by atoms with Crippen molar-refractivity contribution in [2.24, 2.45) is 0 Å². The van der Waals surface area contributed by atoms with E-state index in [0.717, 1.165) is 5.69 Å². The van der Waals surface area contributed by atoms with Gasteiger partial charge in [-0.05, 0) is 45.0 Å². The van der Waals surface area contributed by atoms with Crippen LogP contribution in [-0.4, -0.2) is 169 Å². The number of rotatable bonds is 38. The first-order valence-electron chi connectivity index (χ1n) is 18.3. The van der Waals surface area contributed by atoms with E-state index in [1.54, 1.807) is 24.3 Å². The average Bonchev–Trinajstić information content (AvgIpc) is 3.11. The first-order chi connectivity index (χ1) is 25.8. The molecular formula is C37H65NO15. The summed E-state index contributed by atoms with van der Waals surface area (Å²) in [5.41, 5.74) is 0.250. The minimum atomic E-state index is -0.478. The summed E-state index contributed by atoms with van der Waals surface area (Å²) in [6.45, 7) is 17.7. The highest BCUT2D eigenvalue weighted by atomic mass is 16.6. The Morgan fingerprint density at radius 3 is 1.02 bits per heavy atom. The summed E-state index contributed by atoms with van der Waals surface area (Å²) in [6.07, 6.45) is 0.227. The number of hydrogen-bond donors (Lipinski definition) is 1. The van der Waals surface area contributed by atoms with Gasteiger partial charge in [0.1, 0.15) is 18.0 Å². The Morgan fingerprint density at radius 2 is 0.736 bits per heavy atom. The van der Waals surface area contributed by atoms with Gasteiger partial charge in [0.25, 0.3) is 0 Å². The number of ether oxygens (including phenoxy) is 13. The molecule has 308 valence electrons. The SMILES string of the molecule is CC(=O)Nc1ccc(OCCOCCOCCOCCOCCOCCOCCOCCOCCOCCOCCOCCC(=O)OC(C)(C)C)cc1. The van der Waals surface area contributed by atoms with Crippen molar-refractivity contribution in [3.63, 3.8) is 0 Å². The van der Waals surface area contributed by atoms with Crippen molar-refractivity contribution >= 4 is 17.6 Å². The third-order valence-corrected chi connectivity index (χ3v) is 6.26. The Hall–Kier alpha value is -2.48. The molecule has 16 heteroatoms. The van der Waals surface area contributed by atoms with E-state index < -0.39 is 5.60 Å². The smallest absolute Gasteiger partial charge is 0.308 e. The molecule has 1 N–H and O–H groups in total. The van der Waals surface area contributed by atoms with E-state index in [1.807, 2.05) is 20.8 Å². The van der Waals surface area contributed by atoms with Crippen LogP contribution in [0.3, 0.4) is 0 Å². The van der Waals surface area contributed by atoms with Crippen molar-refractivity contribution in [1.29, 1.82) is 0 Å². The minimum Gasteiger partial charge on any atom is -0.491 e. The molecule has 0 saturated heterocycles. The predicted octanol–water partition coefficient (Wildman–Crippen LogP) is 2.94. The van der Waals surface area contributed by atoms with Crippen LogP contribution in [0.25, 0.3) is 0 Å². The van der Waals surface area contributed by atoms with E-state index in [2.05, 4.69) is 5.32 Å². The highest BCUT2D eigenvalue weighted by molar-refractivity contribution is 5.88. The summed E-state index contributed by atoms with van der Waals surface area (Å²) in [4.78, 5) is 22.6. The van der Waals surface area contributed by atoms with Crippen molar-refractivity contribution in [3.8, 4) is 5.75 Å². The van der Waals surface area contributed by atoms with Crippen molar-refractivity contribution in [2.45, 2.75) is 39.7 Å². The fourth-order valence-corrected chi connectivity index (χ4v) is 3.91. The van der Waals surface area contributed by atoms with Crippen molar-refractivity contribution in [3.05, 3.63) is 24.3 Å². The monoisotopic (exact) mass is 763 g/mol. The van der Waals surface area contributed by atoms with Crippen LogP contribution in [-0.2, 0) is 66.4 Å². The average molecular weight is 764 g/mol. The molecular weight excluding hydrogens is 698 g/mol. The predicted molar refractivity (Wildman–Crippen MR) is 196 cm³/mol. The number of nitrogens with one attached hydrogen (secondary N) is 1. The van der Waals surface area contributed by atoms with Gasteiger partial charge < -0.3 is 66.9 Å². The normalized spacial score (nSPS) is 11.5. The van der Waals surface area contributed by atoms with E-state index in [9.17, 15) is 9.59 Å². The van der Waals surface area contributed by atoms with Gasteiger partial charge in [-0.15, -0.1) is 0 Å². The molecule has 1 amide bonds. The van der Waals surface area contributed by atoms with Gasteiger partial charge in [-0.1, -0.05) is 0 Å². The van der Waals surface area contributed by atoms with Gasteiger partial charge in [0.05, 0.1) is 152 Å². The van der Waals surface area contributed by atoms with Crippen LogP contribution in [0.15, 0.2) is 24.3 Å². The molecule has 16 nitrogen and oxygen atoms in total. The third kappa shape index (κ3) is 36.3. The van der Waals surface area contributed by atoms with Gasteiger partial charge in [0, 0.05) is 12.6 Å². The van der Waals surface area contributed by atoms with Crippen LogP contribution in [0.4, 0.5) is 5.69 Å². The number of benzene rings is 1. The molecule has 53 heavy (non-hydrogen) atoms. The zero-order valence-electron chi connectivity index (χ0n) is 32.4. The van der Waals surface area contributed by atoms with E-state index in [-0.39, 0.29) is 18.3 Å². The number of carbonyl (C=O) groups excluding carboxylic acids is 2. The molecule has 0 aliphatic rings. The largest absolute Gasteiger partial charge is 0.491 e. The molecule has 0 saturated carbocycles. The number of anilines is 1. The maximum absolute atomic E-state index is 11.6. The zero-order chi connectivity index (χ0) is 38.5. The Kier molecular flexibility index (Phi) is 32.3. The molecule has 1 rings (SSSR count). The summed E-state index contributed by atoms with van der Waals surface area (Å²) in [5, 5.41) is 2.71. The molecule has 0 unspecified atom stereocenters. The van der Waals surface area contributed by atoms with Crippen molar-refractivity contribution < 1.29 is 71.2 Å². The fraction of sp³-hybridized carbons (Fsp3) is 0.784. The number of carbonyl (C=O) groups is 2. The second-order valence-electron chi connectivity index (χ2n) is 12.1. The second kappa shape index (κ2) is 35.2. The van der Waals surface area contributed by atoms with Crippen LogP contribution in [0.5, 0.6) is 5.75 Å². The number of esters is 1. The van der Waals surface area contributed by atoms with Gasteiger partial charge in [-0.3, -0.25) is 9.59 Å². The summed E-state index contributed by atoms with van der Waals surface area (Å²) in [7, 11) is 0. The van der Waals surface area contributed by atoms with Crippen LogP contribution < -0.4 is 10.1 Å². The first-order valence-corrected chi connectivity index (χ1v) is 18.3. The fourth-order valence-electron chi connectivity index (χ4n) is 3.91.